The zero-order chi connectivity index (χ0) is 18.0. The minimum absolute atomic E-state index is 0.666. The Bertz CT molecular complexity index is 854. The number of nitrogens with zero attached hydrogens (tertiary/aromatic N) is 3. The number of hydrogen-bond acceptors (Lipinski definition) is 4. The number of rotatable bonds is 5. The number of aromatic nitrogens is 3. The average molecular weight is 350 g/mol. The van der Waals surface area contributed by atoms with Gasteiger partial charge >= 0.3 is 0 Å². The number of aryl methyl sites for hydroxylation is 1. The van der Waals surface area contributed by atoms with Crippen LogP contribution in [-0.4, -0.2) is 34.9 Å². The molecule has 1 aromatic heterocycles. The van der Waals surface area contributed by atoms with Gasteiger partial charge in [0.1, 0.15) is 13.6 Å². The molecule has 2 aromatic carbocycles. The Morgan fingerprint density at radius 3 is 2.32 bits per heavy atom. The van der Waals surface area contributed by atoms with Crippen molar-refractivity contribution in [3.63, 3.8) is 0 Å². The van der Waals surface area contributed by atoms with Crippen molar-refractivity contribution in [2.75, 3.05) is 12.4 Å². The first-order valence-electron chi connectivity index (χ1n) is 7.95. The molecule has 0 aliphatic carbocycles. The van der Waals surface area contributed by atoms with Crippen LogP contribution in [0.5, 0.6) is 5.75 Å². The molecule has 0 aliphatic heterocycles. The van der Waals surface area contributed by atoms with Crippen LogP contribution in [0.4, 0.5) is 5.95 Å². The summed E-state index contributed by atoms with van der Waals surface area (Å²) in [6.07, 6.45) is 0. The Kier molecular flexibility index (Phi) is 4.82. The van der Waals surface area contributed by atoms with Gasteiger partial charge in [-0.15, -0.1) is 14.3 Å². The van der Waals surface area contributed by atoms with E-state index >= 15 is 0 Å². The van der Waals surface area contributed by atoms with Crippen molar-refractivity contribution >= 4 is 23.0 Å². The molecule has 0 aliphatic rings. The topological polar surface area (TPSA) is 52.0 Å². The van der Waals surface area contributed by atoms with E-state index in [-0.39, 0.29) is 0 Å². The molecule has 7 heteroatoms. The van der Waals surface area contributed by atoms with Gasteiger partial charge in [0.15, 0.2) is 5.82 Å². The minimum Gasteiger partial charge on any atom is -0.494 e. The van der Waals surface area contributed by atoms with Crippen molar-refractivity contribution in [2.45, 2.75) is 19.1 Å². The molecule has 5 nitrogen and oxygen atoms in total. The minimum atomic E-state index is -0.802. The van der Waals surface area contributed by atoms with Gasteiger partial charge in [0.05, 0.1) is 10.9 Å². The molecular formula is C18H20BN4OP. The predicted molar refractivity (Wildman–Crippen MR) is 106 cm³/mol. The first-order chi connectivity index (χ1) is 11.9. The van der Waals surface area contributed by atoms with E-state index in [1.807, 2.05) is 55.6 Å². The average Bonchev–Trinajstić information content (AvgIpc) is 2.99. The van der Waals surface area contributed by atoms with Gasteiger partial charge in [-0.1, -0.05) is 29.8 Å². The van der Waals surface area contributed by atoms with E-state index in [0.717, 1.165) is 11.3 Å². The van der Waals surface area contributed by atoms with Crippen molar-refractivity contribution in [1.82, 2.24) is 14.8 Å². The van der Waals surface area contributed by atoms with Gasteiger partial charge in [-0.3, -0.25) is 0 Å². The molecule has 2 atom stereocenters. The van der Waals surface area contributed by atoms with Crippen LogP contribution in [0.2, 0.25) is 0 Å². The Labute approximate surface area is 151 Å². The highest BCUT2D eigenvalue weighted by Gasteiger charge is 2.14. The van der Waals surface area contributed by atoms with Crippen LogP contribution < -0.4 is 10.1 Å². The third-order valence-corrected chi connectivity index (χ3v) is 3.68. The fourth-order valence-corrected chi connectivity index (χ4v) is 2.52. The summed E-state index contributed by atoms with van der Waals surface area (Å²) < 4.78 is 7.38. The summed E-state index contributed by atoms with van der Waals surface area (Å²) in [7, 11) is 10.1. The van der Waals surface area contributed by atoms with Crippen LogP contribution in [0.3, 0.4) is 0 Å². The van der Waals surface area contributed by atoms with Crippen LogP contribution in [0.1, 0.15) is 12.5 Å². The van der Waals surface area contributed by atoms with E-state index in [1.54, 1.807) is 11.6 Å². The second kappa shape index (κ2) is 6.89. The zero-order valence-corrected chi connectivity index (χ0v) is 15.7. The van der Waals surface area contributed by atoms with E-state index < -0.39 is 5.24 Å². The monoisotopic (exact) mass is 350 g/mol. The van der Waals surface area contributed by atoms with Crippen LogP contribution >= 0.6 is 9.24 Å². The Balaban J connectivity index is 1.93. The molecule has 0 spiro atoms. The maximum absolute atomic E-state index is 5.84. The SMILES string of the molecule is [B]C(C)(P)Oc1ccc(-n2nc(-c3ccc(C)cc3)nc2NC)cc1. The van der Waals surface area contributed by atoms with Crippen molar-refractivity contribution < 1.29 is 4.74 Å². The molecule has 0 saturated heterocycles. The summed E-state index contributed by atoms with van der Waals surface area (Å²) in [6, 6.07) is 15.7. The molecule has 0 saturated carbocycles. The third kappa shape index (κ3) is 4.20. The maximum atomic E-state index is 5.84. The van der Waals surface area contributed by atoms with E-state index in [4.69, 9.17) is 12.6 Å². The highest BCUT2D eigenvalue weighted by Crippen LogP contribution is 2.25. The lowest BCUT2D eigenvalue weighted by molar-refractivity contribution is 0.268. The van der Waals surface area contributed by atoms with Gasteiger partial charge in [0, 0.05) is 12.6 Å². The second-order valence-electron chi connectivity index (χ2n) is 6.07. The first-order valence-corrected chi connectivity index (χ1v) is 8.52. The van der Waals surface area contributed by atoms with Crippen molar-refractivity contribution in [2.24, 2.45) is 0 Å². The molecule has 1 heterocycles. The smallest absolute Gasteiger partial charge is 0.226 e. The third-order valence-electron chi connectivity index (χ3n) is 3.56. The Morgan fingerprint density at radius 2 is 1.76 bits per heavy atom. The summed E-state index contributed by atoms with van der Waals surface area (Å²) in [5, 5.41) is 6.91. The lowest BCUT2D eigenvalue weighted by Gasteiger charge is -2.21. The summed E-state index contributed by atoms with van der Waals surface area (Å²) in [5.74, 6) is 2.02. The van der Waals surface area contributed by atoms with E-state index in [2.05, 4.69) is 31.6 Å². The number of ether oxygens (including phenoxy) is 1. The van der Waals surface area contributed by atoms with Gasteiger partial charge in [0.2, 0.25) is 5.95 Å². The van der Waals surface area contributed by atoms with Crippen molar-refractivity contribution in [1.29, 1.82) is 0 Å². The van der Waals surface area contributed by atoms with E-state index in [9.17, 15) is 0 Å². The summed E-state index contributed by atoms with van der Waals surface area (Å²) in [5.41, 5.74) is 3.06. The summed E-state index contributed by atoms with van der Waals surface area (Å²) >= 11 is 0. The number of benzene rings is 2. The van der Waals surface area contributed by atoms with E-state index in [1.165, 1.54) is 5.56 Å². The van der Waals surface area contributed by atoms with Gasteiger partial charge in [0.25, 0.3) is 0 Å². The molecule has 25 heavy (non-hydrogen) atoms. The molecule has 3 aromatic rings. The predicted octanol–water partition coefficient (Wildman–Crippen LogP) is 3.38. The summed E-state index contributed by atoms with van der Waals surface area (Å²) in [6.45, 7) is 3.83. The Hall–Kier alpha value is -2.33. The first kappa shape index (κ1) is 17.5. The highest BCUT2D eigenvalue weighted by molar-refractivity contribution is 7.21. The lowest BCUT2D eigenvalue weighted by atomic mass is 10.0. The molecule has 0 bridgehead atoms. The van der Waals surface area contributed by atoms with Gasteiger partial charge < -0.3 is 10.1 Å². The van der Waals surface area contributed by atoms with Gasteiger partial charge in [-0.25, -0.2) is 0 Å². The van der Waals surface area contributed by atoms with Gasteiger partial charge in [-0.05, 0) is 38.1 Å². The molecule has 2 radical (unpaired) electrons. The standard InChI is InChI=1S/C18H20BN4OP/c1-12-4-6-13(7-5-12)16-21-17(20-3)23(22-16)14-8-10-15(11-9-14)24-18(2,19)25/h4-11H,25H2,1-3H3,(H,20,21,22). The molecule has 2 unspecified atom stereocenters. The largest absolute Gasteiger partial charge is 0.494 e. The lowest BCUT2D eigenvalue weighted by Crippen LogP contribution is -2.23. The zero-order valence-electron chi connectivity index (χ0n) is 14.5. The number of hydrogen-bond donors (Lipinski definition) is 1. The van der Waals surface area contributed by atoms with Crippen LogP contribution in [0.15, 0.2) is 48.5 Å². The number of nitrogens with one attached hydrogen (secondary N) is 1. The molecular weight excluding hydrogens is 330 g/mol. The summed E-state index contributed by atoms with van der Waals surface area (Å²) in [4.78, 5) is 4.57. The molecule has 3 rings (SSSR count). The second-order valence-corrected chi connectivity index (χ2v) is 7.21. The number of anilines is 1. The van der Waals surface area contributed by atoms with Crippen LogP contribution in [0, 0.1) is 6.92 Å². The fraction of sp³-hybridized carbons (Fsp3) is 0.222. The van der Waals surface area contributed by atoms with Crippen molar-refractivity contribution in [3.05, 3.63) is 54.1 Å². The Morgan fingerprint density at radius 1 is 1.12 bits per heavy atom. The normalized spacial score (nSPS) is 13.3. The van der Waals surface area contributed by atoms with Crippen LogP contribution in [-0.2, 0) is 0 Å². The molecule has 0 fully saturated rings. The van der Waals surface area contributed by atoms with Crippen LogP contribution in [0.25, 0.3) is 17.1 Å². The quantitative estimate of drug-likeness (QED) is 0.566. The fourth-order valence-electron chi connectivity index (χ4n) is 2.39. The highest BCUT2D eigenvalue weighted by atomic mass is 31.0. The van der Waals surface area contributed by atoms with Crippen molar-refractivity contribution in [3.8, 4) is 22.8 Å². The molecule has 0 amide bonds. The molecule has 1 N–H and O–H groups in total. The molecule has 126 valence electrons. The maximum Gasteiger partial charge on any atom is 0.226 e. The van der Waals surface area contributed by atoms with E-state index in [0.29, 0.717) is 17.5 Å². The van der Waals surface area contributed by atoms with Gasteiger partial charge in [-0.2, -0.15) is 9.67 Å².